The van der Waals surface area contributed by atoms with Gasteiger partial charge in [0.25, 0.3) is 5.91 Å². The van der Waals surface area contributed by atoms with Crippen molar-refractivity contribution in [3.05, 3.63) is 47.0 Å². The van der Waals surface area contributed by atoms with Gasteiger partial charge in [-0.1, -0.05) is 15.9 Å². The maximum absolute atomic E-state index is 12.5. The molecule has 6 heteroatoms. The quantitative estimate of drug-likeness (QED) is 0.903. The molecule has 0 radical (unpaired) electrons. The second-order valence-corrected chi connectivity index (χ2v) is 6.16. The summed E-state index contributed by atoms with van der Waals surface area (Å²) in [5, 5.41) is 3.33. The minimum atomic E-state index is -0.000730. The number of carbonyl (C=O) groups is 1. The van der Waals surface area contributed by atoms with Gasteiger partial charge in [0.15, 0.2) is 0 Å². The summed E-state index contributed by atoms with van der Waals surface area (Å²) in [6.45, 7) is 4.37. The van der Waals surface area contributed by atoms with E-state index < -0.39 is 0 Å². The van der Waals surface area contributed by atoms with Crippen molar-refractivity contribution >= 4 is 21.8 Å². The van der Waals surface area contributed by atoms with Crippen LogP contribution in [0.2, 0.25) is 0 Å². The summed E-state index contributed by atoms with van der Waals surface area (Å²) in [5.41, 5.74) is 1.48. The van der Waals surface area contributed by atoms with Crippen molar-refractivity contribution in [3.8, 4) is 5.69 Å². The first-order valence-corrected chi connectivity index (χ1v) is 7.75. The fourth-order valence-corrected chi connectivity index (χ4v) is 2.73. The number of benzene rings is 1. The summed E-state index contributed by atoms with van der Waals surface area (Å²) in [5.74, 6) is -0.000730. The minimum absolute atomic E-state index is 0.000730. The van der Waals surface area contributed by atoms with Gasteiger partial charge in [-0.25, -0.2) is 4.98 Å². The Kier molecular flexibility index (Phi) is 4.07. The predicted octanol–water partition coefficient (Wildman–Crippen LogP) is 2.07. The molecule has 1 aromatic carbocycles. The van der Waals surface area contributed by atoms with Crippen molar-refractivity contribution in [2.24, 2.45) is 0 Å². The number of aromatic nitrogens is 2. The van der Waals surface area contributed by atoms with Crippen LogP contribution in [0.5, 0.6) is 0 Å². The van der Waals surface area contributed by atoms with Gasteiger partial charge in [0.05, 0.1) is 0 Å². The largest absolute Gasteiger partial charge is 0.334 e. The number of nitrogens with one attached hydrogen (secondary N) is 1. The highest BCUT2D eigenvalue weighted by Crippen LogP contribution is 2.15. The first-order valence-electron chi connectivity index (χ1n) is 6.96. The maximum atomic E-state index is 12.5. The van der Waals surface area contributed by atoms with Crippen molar-refractivity contribution in [1.29, 1.82) is 0 Å². The Labute approximate surface area is 132 Å². The number of amides is 1. The lowest BCUT2D eigenvalue weighted by Gasteiger charge is -2.31. The molecule has 1 amide bonds. The fourth-order valence-electron chi connectivity index (χ4n) is 2.47. The molecule has 1 N–H and O–H groups in total. The van der Waals surface area contributed by atoms with E-state index in [0.717, 1.165) is 29.8 Å². The van der Waals surface area contributed by atoms with E-state index in [4.69, 9.17) is 0 Å². The third-order valence-corrected chi connectivity index (χ3v) is 4.11. The SMILES string of the molecule is C[C@@H]1CN(C(=O)c2cn(-c3ccc(Br)cc3)cn2)CCN1. The molecule has 5 nitrogen and oxygen atoms in total. The zero-order valence-corrected chi connectivity index (χ0v) is 13.4. The number of carbonyl (C=O) groups excluding carboxylic acids is 1. The summed E-state index contributed by atoms with van der Waals surface area (Å²) in [6, 6.07) is 8.22. The minimum Gasteiger partial charge on any atom is -0.334 e. The Morgan fingerprint density at radius 2 is 2.14 bits per heavy atom. The van der Waals surface area contributed by atoms with Gasteiger partial charge in [-0.2, -0.15) is 0 Å². The normalized spacial score (nSPS) is 18.8. The van der Waals surface area contributed by atoms with Crippen molar-refractivity contribution in [2.75, 3.05) is 19.6 Å². The molecule has 0 saturated carbocycles. The second-order valence-electron chi connectivity index (χ2n) is 5.25. The molecular formula is C15H17BrN4O. The zero-order valence-electron chi connectivity index (χ0n) is 11.8. The van der Waals surface area contributed by atoms with E-state index >= 15 is 0 Å². The lowest BCUT2D eigenvalue weighted by Crippen LogP contribution is -2.51. The molecule has 1 saturated heterocycles. The molecule has 3 rings (SSSR count). The molecule has 0 unspecified atom stereocenters. The third kappa shape index (κ3) is 3.16. The van der Waals surface area contributed by atoms with Crippen LogP contribution >= 0.6 is 15.9 Å². The van der Waals surface area contributed by atoms with Crippen LogP contribution in [0.4, 0.5) is 0 Å². The monoisotopic (exact) mass is 348 g/mol. The molecule has 2 heterocycles. The van der Waals surface area contributed by atoms with E-state index in [1.165, 1.54) is 0 Å². The average molecular weight is 349 g/mol. The van der Waals surface area contributed by atoms with Crippen molar-refractivity contribution < 1.29 is 4.79 Å². The van der Waals surface area contributed by atoms with Crippen LogP contribution in [0.25, 0.3) is 5.69 Å². The van der Waals surface area contributed by atoms with Crippen LogP contribution in [-0.2, 0) is 0 Å². The van der Waals surface area contributed by atoms with Gasteiger partial charge < -0.3 is 14.8 Å². The van der Waals surface area contributed by atoms with Crippen LogP contribution in [0, 0.1) is 0 Å². The van der Waals surface area contributed by atoms with Gasteiger partial charge in [0.1, 0.15) is 12.0 Å². The Hall–Kier alpha value is -1.66. The van der Waals surface area contributed by atoms with Crippen LogP contribution in [0.3, 0.4) is 0 Å². The molecule has 1 aliphatic heterocycles. The fraction of sp³-hybridized carbons (Fsp3) is 0.333. The van der Waals surface area contributed by atoms with Crippen LogP contribution in [0.15, 0.2) is 41.3 Å². The van der Waals surface area contributed by atoms with Crippen LogP contribution < -0.4 is 5.32 Å². The summed E-state index contributed by atoms with van der Waals surface area (Å²) >= 11 is 3.41. The first-order chi connectivity index (χ1) is 10.1. The summed E-state index contributed by atoms with van der Waals surface area (Å²) in [6.07, 6.45) is 3.47. The Morgan fingerprint density at radius 1 is 1.38 bits per heavy atom. The molecular weight excluding hydrogens is 332 g/mol. The standard InChI is InChI=1S/C15H17BrN4O/c1-11-8-19(7-6-17-11)15(21)14-9-20(10-18-14)13-4-2-12(16)3-5-13/h2-5,9-11,17H,6-8H2,1H3/t11-/m1/s1. The zero-order chi connectivity index (χ0) is 14.8. The number of halogens is 1. The molecule has 110 valence electrons. The van der Waals surface area contributed by atoms with E-state index in [1.54, 1.807) is 12.5 Å². The summed E-state index contributed by atoms with van der Waals surface area (Å²) < 4.78 is 2.89. The molecule has 2 aromatic rings. The number of piperazine rings is 1. The van der Waals surface area contributed by atoms with E-state index in [1.807, 2.05) is 33.7 Å². The highest BCUT2D eigenvalue weighted by molar-refractivity contribution is 9.10. The molecule has 1 aliphatic rings. The number of imidazole rings is 1. The van der Waals surface area contributed by atoms with Gasteiger partial charge in [0.2, 0.25) is 0 Å². The lowest BCUT2D eigenvalue weighted by molar-refractivity contribution is 0.0703. The lowest BCUT2D eigenvalue weighted by atomic mass is 10.2. The second kappa shape index (κ2) is 5.99. The van der Waals surface area contributed by atoms with Crippen molar-refractivity contribution in [3.63, 3.8) is 0 Å². The topological polar surface area (TPSA) is 50.2 Å². The maximum Gasteiger partial charge on any atom is 0.274 e. The molecule has 21 heavy (non-hydrogen) atoms. The number of hydrogen-bond donors (Lipinski definition) is 1. The van der Waals surface area contributed by atoms with E-state index in [-0.39, 0.29) is 5.91 Å². The van der Waals surface area contributed by atoms with Gasteiger partial charge in [-0.15, -0.1) is 0 Å². The molecule has 1 fully saturated rings. The highest BCUT2D eigenvalue weighted by atomic mass is 79.9. The van der Waals surface area contributed by atoms with Crippen LogP contribution in [0.1, 0.15) is 17.4 Å². The Morgan fingerprint density at radius 3 is 2.86 bits per heavy atom. The molecule has 0 spiro atoms. The van der Waals surface area contributed by atoms with Gasteiger partial charge in [-0.05, 0) is 31.2 Å². The third-order valence-electron chi connectivity index (χ3n) is 3.58. The smallest absolute Gasteiger partial charge is 0.274 e. The molecule has 0 bridgehead atoms. The van der Waals surface area contributed by atoms with Gasteiger partial charge in [-0.3, -0.25) is 4.79 Å². The molecule has 0 aliphatic carbocycles. The molecule has 1 atom stereocenters. The van der Waals surface area contributed by atoms with Crippen LogP contribution in [-0.4, -0.2) is 46.0 Å². The number of hydrogen-bond acceptors (Lipinski definition) is 3. The van der Waals surface area contributed by atoms with E-state index in [2.05, 4.69) is 33.2 Å². The summed E-state index contributed by atoms with van der Waals surface area (Å²) in [4.78, 5) is 18.6. The summed E-state index contributed by atoms with van der Waals surface area (Å²) in [7, 11) is 0. The van der Waals surface area contributed by atoms with Crippen molar-refractivity contribution in [2.45, 2.75) is 13.0 Å². The van der Waals surface area contributed by atoms with Crippen molar-refractivity contribution in [1.82, 2.24) is 19.8 Å². The van der Waals surface area contributed by atoms with Gasteiger partial charge in [0, 0.05) is 42.0 Å². The van der Waals surface area contributed by atoms with E-state index in [9.17, 15) is 4.79 Å². The first kappa shape index (κ1) is 14.3. The Bertz CT molecular complexity index is 637. The highest BCUT2D eigenvalue weighted by Gasteiger charge is 2.23. The predicted molar refractivity (Wildman–Crippen MR) is 84.6 cm³/mol. The Balaban J connectivity index is 1.78. The van der Waals surface area contributed by atoms with E-state index in [0.29, 0.717) is 11.7 Å². The number of nitrogens with zero attached hydrogens (tertiary/aromatic N) is 3. The molecule has 1 aromatic heterocycles. The van der Waals surface area contributed by atoms with Gasteiger partial charge >= 0.3 is 0 Å². The average Bonchev–Trinajstić information content (AvgIpc) is 2.97. The number of rotatable bonds is 2.